The highest BCUT2D eigenvalue weighted by Crippen LogP contribution is 2.19. The van der Waals surface area contributed by atoms with Crippen LogP contribution < -0.4 is 14.8 Å². The Balaban J connectivity index is 1.95. The summed E-state index contributed by atoms with van der Waals surface area (Å²) in [6.45, 7) is 3.16. The molecule has 0 aromatic heterocycles. The molecule has 126 valence electrons. The molecule has 2 N–H and O–H groups in total. The number of carboxylic acids is 1. The molecule has 24 heavy (non-hydrogen) atoms. The van der Waals surface area contributed by atoms with Gasteiger partial charge in [-0.1, -0.05) is 18.2 Å². The molecule has 2 rings (SSSR count). The zero-order chi connectivity index (χ0) is 17.5. The fourth-order valence-electron chi connectivity index (χ4n) is 2.00. The molecule has 0 fully saturated rings. The molecule has 0 bridgehead atoms. The first-order valence-corrected chi connectivity index (χ1v) is 7.43. The molecule has 0 saturated carbocycles. The Bertz CT molecular complexity index is 729. The SMILES string of the molecule is Cc1cccc(OC(C)C(=O)Nc2cccc(OCC(=O)O)c2)c1. The normalized spacial score (nSPS) is 11.4. The van der Waals surface area contributed by atoms with Crippen LogP contribution in [0.5, 0.6) is 11.5 Å². The number of carbonyl (C=O) groups excluding carboxylic acids is 1. The standard InChI is InChI=1S/C18H19NO5/c1-12-5-3-8-16(9-12)24-13(2)18(22)19-14-6-4-7-15(10-14)23-11-17(20)21/h3-10,13H,11H2,1-2H3,(H,19,22)(H,20,21). The van der Waals surface area contributed by atoms with Crippen LogP contribution in [0.15, 0.2) is 48.5 Å². The number of ether oxygens (including phenoxy) is 2. The van der Waals surface area contributed by atoms with Gasteiger partial charge in [0, 0.05) is 11.8 Å². The number of anilines is 1. The van der Waals surface area contributed by atoms with E-state index < -0.39 is 18.7 Å². The molecule has 1 amide bonds. The number of aliphatic carboxylic acids is 1. The summed E-state index contributed by atoms with van der Waals surface area (Å²) >= 11 is 0. The quantitative estimate of drug-likeness (QED) is 0.816. The number of carboxylic acid groups (broad SMARTS) is 1. The van der Waals surface area contributed by atoms with E-state index in [-0.39, 0.29) is 5.91 Å². The van der Waals surface area contributed by atoms with E-state index in [2.05, 4.69) is 5.32 Å². The molecular formula is C18H19NO5. The molecule has 2 aromatic carbocycles. The lowest BCUT2D eigenvalue weighted by molar-refractivity contribution is -0.139. The van der Waals surface area contributed by atoms with Crippen LogP contribution in [0.3, 0.4) is 0 Å². The largest absolute Gasteiger partial charge is 0.482 e. The average Bonchev–Trinajstić information content (AvgIpc) is 2.53. The van der Waals surface area contributed by atoms with Gasteiger partial charge in [-0.3, -0.25) is 4.79 Å². The van der Waals surface area contributed by atoms with Crippen molar-refractivity contribution in [2.24, 2.45) is 0 Å². The van der Waals surface area contributed by atoms with Crippen molar-refractivity contribution in [3.63, 3.8) is 0 Å². The minimum Gasteiger partial charge on any atom is -0.482 e. The van der Waals surface area contributed by atoms with Gasteiger partial charge < -0.3 is 19.9 Å². The second-order valence-corrected chi connectivity index (χ2v) is 5.28. The highest BCUT2D eigenvalue weighted by Gasteiger charge is 2.15. The van der Waals surface area contributed by atoms with Crippen molar-refractivity contribution in [2.75, 3.05) is 11.9 Å². The number of hydrogen-bond donors (Lipinski definition) is 2. The van der Waals surface area contributed by atoms with Crippen molar-refractivity contribution in [2.45, 2.75) is 20.0 Å². The van der Waals surface area contributed by atoms with Crippen LogP contribution in [0.4, 0.5) is 5.69 Å². The monoisotopic (exact) mass is 329 g/mol. The number of aryl methyl sites for hydroxylation is 1. The molecule has 0 aliphatic heterocycles. The molecule has 0 aliphatic carbocycles. The molecule has 6 heteroatoms. The van der Waals surface area contributed by atoms with Crippen LogP contribution in [0, 0.1) is 6.92 Å². The van der Waals surface area contributed by atoms with Crippen LogP contribution in [-0.2, 0) is 9.59 Å². The maximum Gasteiger partial charge on any atom is 0.341 e. The molecule has 6 nitrogen and oxygen atoms in total. The topological polar surface area (TPSA) is 84.9 Å². The van der Waals surface area contributed by atoms with Gasteiger partial charge in [0.25, 0.3) is 5.91 Å². The van der Waals surface area contributed by atoms with E-state index in [1.165, 1.54) is 0 Å². The van der Waals surface area contributed by atoms with Crippen molar-refractivity contribution in [3.05, 3.63) is 54.1 Å². The van der Waals surface area contributed by atoms with Gasteiger partial charge in [0.15, 0.2) is 12.7 Å². The van der Waals surface area contributed by atoms with E-state index in [0.29, 0.717) is 17.2 Å². The Morgan fingerprint density at radius 1 is 1.12 bits per heavy atom. The molecule has 2 aromatic rings. The average molecular weight is 329 g/mol. The van der Waals surface area contributed by atoms with E-state index in [0.717, 1.165) is 5.56 Å². The lowest BCUT2D eigenvalue weighted by Crippen LogP contribution is -2.30. The van der Waals surface area contributed by atoms with Crippen molar-refractivity contribution >= 4 is 17.6 Å². The summed E-state index contributed by atoms with van der Waals surface area (Å²) in [6, 6.07) is 14.0. The maximum absolute atomic E-state index is 12.2. The molecule has 0 spiro atoms. The smallest absolute Gasteiger partial charge is 0.341 e. The van der Waals surface area contributed by atoms with Crippen molar-refractivity contribution in [1.82, 2.24) is 0 Å². The van der Waals surface area contributed by atoms with Gasteiger partial charge in [-0.05, 0) is 43.7 Å². The summed E-state index contributed by atoms with van der Waals surface area (Å²) in [5.41, 5.74) is 1.55. The van der Waals surface area contributed by atoms with Gasteiger partial charge in [-0.15, -0.1) is 0 Å². The first-order valence-electron chi connectivity index (χ1n) is 7.43. The third-order valence-electron chi connectivity index (χ3n) is 3.14. The van der Waals surface area contributed by atoms with Crippen LogP contribution in [-0.4, -0.2) is 29.7 Å². The Morgan fingerprint density at radius 3 is 2.54 bits per heavy atom. The van der Waals surface area contributed by atoms with Gasteiger partial charge >= 0.3 is 5.97 Å². The number of hydrogen-bond acceptors (Lipinski definition) is 4. The molecule has 0 saturated heterocycles. The van der Waals surface area contributed by atoms with Crippen LogP contribution in [0.2, 0.25) is 0 Å². The summed E-state index contributed by atoms with van der Waals surface area (Å²) in [6.07, 6.45) is -0.685. The van der Waals surface area contributed by atoms with E-state index in [9.17, 15) is 9.59 Å². The van der Waals surface area contributed by atoms with Gasteiger partial charge in [-0.25, -0.2) is 4.79 Å². The van der Waals surface area contributed by atoms with Gasteiger partial charge in [0.2, 0.25) is 0 Å². The number of carbonyl (C=O) groups is 2. The summed E-state index contributed by atoms with van der Waals surface area (Å²) < 4.78 is 10.7. The Labute approximate surface area is 140 Å². The van der Waals surface area contributed by atoms with E-state index in [1.54, 1.807) is 37.3 Å². The van der Waals surface area contributed by atoms with Crippen molar-refractivity contribution in [3.8, 4) is 11.5 Å². The van der Waals surface area contributed by atoms with Crippen LogP contribution >= 0.6 is 0 Å². The summed E-state index contributed by atoms with van der Waals surface area (Å²) in [7, 11) is 0. The zero-order valence-corrected chi connectivity index (χ0v) is 13.5. The lowest BCUT2D eigenvalue weighted by Gasteiger charge is -2.15. The highest BCUT2D eigenvalue weighted by molar-refractivity contribution is 5.94. The first kappa shape index (κ1) is 17.3. The van der Waals surface area contributed by atoms with Crippen LogP contribution in [0.25, 0.3) is 0 Å². The van der Waals surface area contributed by atoms with Gasteiger partial charge in [0.05, 0.1) is 0 Å². The molecule has 1 atom stereocenters. The summed E-state index contributed by atoms with van der Waals surface area (Å²) in [5.74, 6) is -0.393. The summed E-state index contributed by atoms with van der Waals surface area (Å²) in [5, 5.41) is 11.3. The van der Waals surface area contributed by atoms with E-state index in [4.69, 9.17) is 14.6 Å². The van der Waals surface area contributed by atoms with Gasteiger partial charge in [0.1, 0.15) is 11.5 Å². The number of amides is 1. The molecule has 0 heterocycles. The second kappa shape index (κ2) is 8.01. The number of nitrogens with one attached hydrogen (secondary N) is 1. The van der Waals surface area contributed by atoms with Gasteiger partial charge in [-0.2, -0.15) is 0 Å². The fraction of sp³-hybridized carbons (Fsp3) is 0.222. The molecule has 1 unspecified atom stereocenters. The minimum absolute atomic E-state index is 0.313. The summed E-state index contributed by atoms with van der Waals surface area (Å²) in [4.78, 5) is 22.7. The highest BCUT2D eigenvalue weighted by atomic mass is 16.5. The fourth-order valence-corrected chi connectivity index (χ4v) is 2.00. The van der Waals surface area contributed by atoms with E-state index >= 15 is 0 Å². The van der Waals surface area contributed by atoms with Crippen LogP contribution in [0.1, 0.15) is 12.5 Å². The molecular weight excluding hydrogens is 310 g/mol. The minimum atomic E-state index is -1.07. The third kappa shape index (κ3) is 5.31. The van der Waals surface area contributed by atoms with Crippen molar-refractivity contribution in [1.29, 1.82) is 0 Å². The number of rotatable bonds is 7. The van der Waals surface area contributed by atoms with E-state index in [1.807, 2.05) is 25.1 Å². The Hall–Kier alpha value is -3.02. The lowest BCUT2D eigenvalue weighted by atomic mass is 10.2. The predicted octanol–water partition coefficient (Wildman–Crippen LogP) is 2.86. The zero-order valence-electron chi connectivity index (χ0n) is 13.5. The second-order valence-electron chi connectivity index (χ2n) is 5.28. The Morgan fingerprint density at radius 2 is 1.83 bits per heavy atom. The first-order chi connectivity index (χ1) is 11.4. The number of benzene rings is 2. The maximum atomic E-state index is 12.2. The Kier molecular flexibility index (Phi) is 5.78. The molecule has 0 aliphatic rings. The van der Waals surface area contributed by atoms with Crippen molar-refractivity contribution < 1.29 is 24.2 Å². The third-order valence-corrected chi connectivity index (χ3v) is 3.14. The predicted molar refractivity (Wildman–Crippen MR) is 89.5 cm³/mol. The molecule has 0 radical (unpaired) electrons.